The molecule has 0 bridgehead atoms. The topological polar surface area (TPSA) is 26.0 Å². The highest BCUT2D eigenvalue weighted by Crippen LogP contribution is 2.59. The van der Waals surface area contributed by atoms with Crippen molar-refractivity contribution >= 4 is 0 Å². The molecule has 86 valence electrons. The van der Waals surface area contributed by atoms with Crippen molar-refractivity contribution in [3.63, 3.8) is 0 Å². The second kappa shape index (κ2) is 5.16. The molecular formula is C14H25N. The van der Waals surface area contributed by atoms with Crippen LogP contribution < -0.4 is 5.73 Å². The number of nitrogens with two attached hydrogens (primary N) is 1. The molecule has 3 atom stereocenters. The third kappa shape index (κ3) is 2.63. The monoisotopic (exact) mass is 207 g/mol. The molecule has 0 amide bonds. The highest BCUT2D eigenvalue weighted by molar-refractivity contribution is 5.05. The molecule has 2 fully saturated rings. The van der Waals surface area contributed by atoms with Gasteiger partial charge in [-0.25, -0.2) is 0 Å². The molecule has 0 saturated heterocycles. The molecule has 1 heteroatoms. The first-order valence-corrected chi connectivity index (χ1v) is 6.71. The molecule has 2 N–H and O–H groups in total. The van der Waals surface area contributed by atoms with Crippen LogP contribution in [0.5, 0.6) is 0 Å². The SMILES string of the molecule is C=CCCCCCC(N)C1C2CCCC21. The lowest BCUT2D eigenvalue weighted by molar-refractivity contribution is 0.444. The highest BCUT2D eigenvalue weighted by Gasteiger charge is 2.54. The van der Waals surface area contributed by atoms with E-state index in [0.29, 0.717) is 6.04 Å². The number of allylic oxidation sites excluding steroid dienone is 1. The van der Waals surface area contributed by atoms with Crippen molar-refractivity contribution in [3.05, 3.63) is 12.7 Å². The Kier molecular flexibility index (Phi) is 3.85. The van der Waals surface area contributed by atoms with Gasteiger partial charge in [0.1, 0.15) is 0 Å². The molecule has 0 aromatic heterocycles. The Bertz CT molecular complexity index is 201. The summed E-state index contributed by atoms with van der Waals surface area (Å²) >= 11 is 0. The van der Waals surface area contributed by atoms with Gasteiger partial charge < -0.3 is 5.73 Å². The van der Waals surface area contributed by atoms with E-state index < -0.39 is 0 Å². The molecule has 0 aromatic rings. The van der Waals surface area contributed by atoms with Gasteiger partial charge in [-0.1, -0.05) is 25.3 Å². The summed E-state index contributed by atoms with van der Waals surface area (Å²) in [7, 11) is 0. The van der Waals surface area contributed by atoms with Gasteiger partial charge in [0.2, 0.25) is 0 Å². The van der Waals surface area contributed by atoms with E-state index in [0.717, 1.165) is 17.8 Å². The molecular weight excluding hydrogens is 182 g/mol. The minimum Gasteiger partial charge on any atom is -0.327 e. The van der Waals surface area contributed by atoms with E-state index in [9.17, 15) is 0 Å². The summed E-state index contributed by atoms with van der Waals surface area (Å²) in [5, 5.41) is 0. The van der Waals surface area contributed by atoms with E-state index in [1.54, 1.807) is 0 Å². The van der Waals surface area contributed by atoms with Crippen LogP contribution in [0.3, 0.4) is 0 Å². The normalized spacial score (nSPS) is 34.9. The molecule has 3 unspecified atom stereocenters. The summed E-state index contributed by atoms with van der Waals surface area (Å²) in [6.45, 7) is 3.75. The van der Waals surface area contributed by atoms with Crippen molar-refractivity contribution in [2.24, 2.45) is 23.5 Å². The van der Waals surface area contributed by atoms with E-state index in [1.165, 1.54) is 51.4 Å². The fourth-order valence-electron chi connectivity index (χ4n) is 3.55. The first-order valence-electron chi connectivity index (χ1n) is 6.71. The fraction of sp³-hybridized carbons (Fsp3) is 0.857. The number of hydrogen-bond donors (Lipinski definition) is 1. The Hall–Kier alpha value is -0.300. The predicted molar refractivity (Wildman–Crippen MR) is 65.6 cm³/mol. The lowest BCUT2D eigenvalue weighted by atomic mass is 9.99. The van der Waals surface area contributed by atoms with Crippen molar-refractivity contribution in [3.8, 4) is 0 Å². The van der Waals surface area contributed by atoms with Gasteiger partial charge >= 0.3 is 0 Å². The molecule has 0 spiro atoms. The third-order valence-electron chi connectivity index (χ3n) is 4.41. The average molecular weight is 207 g/mol. The molecule has 0 aliphatic heterocycles. The minimum atomic E-state index is 0.518. The van der Waals surface area contributed by atoms with Gasteiger partial charge in [-0.05, 0) is 49.9 Å². The Morgan fingerprint density at radius 3 is 2.60 bits per heavy atom. The van der Waals surface area contributed by atoms with Gasteiger partial charge in [0.25, 0.3) is 0 Å². The van der Waals surface area contributed by atoms with E-state index in [2.05, 4.69) is 6.58 Å². The third-order valence-corrected chi connectivity index (χ3v) is 4.41. The summed E-state index contributed by atoms with van der Waals surface area (Å²) in [5.74, 6) is 2.99. The average Bonchev–Trinajstić information content (AvgIpc) is 2.72. The Morgan fingerprint density at radius 2 is 1.93 bits per heavy atom. The molecule has 2 aliphatic carbocycles. The molecule has 15 heavy (non-hydrogen) atoms. The fourth-order valence-corrected chi connectivity index (χ4v) is 3.55. The Morgan fingerprint density at radius 1 is 1.20 bits per heavy atom. The van der Waals surface area contributed by atoms with Crippen LogP contribution in [-0.4, -0.2) is 6.04 Å². The van der Waals surface area contributed by atoms with Crippen molar-refractivity contribution in [1.82, 2.24) is 0 Å². The summed E-state index contributed by atoms with van der Waals surface area (Å²) < 4.78 is 0. The van der Waals surface area contributed by atoms with Crippen LogP contribution >= 0.6 is 0 Å². The molecule has 0 heterocycles. The highest BCUT2D eigenvalue weighted by atomic mass is 14.7. The standard InChI is InChI=1S/C14H25N/c1-2-3-4-5-6-10-13(15)14-11-8-7-9-12(11)14/h2,11-14H,1,3-10,15H2. The van der Waals surface area contributed by atoms with Crippen LogP contribution in [0, 0.1) is 17.8 Å². The number of fused-ring (bicyclic) bond motifs is 1. The maximum absolute atomic E-state index is 6.26. The zero-order chi connectivity index (χ0) is 10.7. The zero-order valence-corrected chi connectivity index (χ0v) is 9.83. The van der Waals surface area contributed by atoms with Crippen LogP contribution in [-0.2, 0) is 0 Å². The van der Waals surface area contributed by atoms with Gasteiger partial charge in [-0.2, -0.15) is 0 Å². The van der Waals surface area contributed by atoms with E-state index in [4.69, 9.17) is 5.73 Å². The van der Waals surface area contributed by atoms with Gasteiger partial charge in [0, 0.05) is 6.04 Å². The van der Waals surface area contributed by atoms with Crippen molar-refractivity contribution in [2.75, 3.05) is 0 Å². The second-order valence-corrected chi connectivity index (χ2v) is 5.43. The smallest absolute Gasteiger partial charge is 0.00726 e. The van der Waals surface area contributed by atoms with Crippen LogP contribution in [0.15, 0.2) is 12.7 Å². The van der Waals surface area contributed by atoms with Crippen molar-refractivity contribution in [1.29, 1.82) is 0 Å². The van der Waals surface area contributed by atoms with Crippen molar-refractivity contribution in [2.45, 2.75) is 57.4 Å². The van der Waals surface area contributed by atoms with Crippen LogP contribution in [0.25, 0.3) is 0 Å². The molecule has 1 nitrogen and oxygen atoms in total. The summed E-state index contributed by atoms with van der Waals surface area (Å²) in [4.78, 5) is 0. The lowest BCUT2D eigenvalue weighted by Crippen LogP contribution is -2.24. The number of hydrogen-bond acceptors (Lipinski definition) is 1. The predicted octanol–water partition coefficient (Wildman–Crippen LogP) is 3.50. The zero-order valence-electron chi connectivity index (χ0n) is 9.83. The maximum Gasteiger partial charge on any atom is 0.00726 e. The van der Waals surface area contributed by atoms with E-state index in [-0.39, 0.29) is 0 Å². The van der Waals surface area contributed by atoms with Gasteiger partial charge in [-0.3, -0.25) is 0 Å². The molecule has 0 aromatic carbocycles. The first kappa shape index (κ1) is 11.2. The van der Waals surface area contributed by atoms with Crippen LogP contribution in [0.1, 0.15) is 51.4 Å². The summed E-state index contributed by atoms with van der Waals surface area (Å²) in [5.41, 5.74) is 6.26. The maximum atomic E-state index is 6.26. The molecule has 2 saturated carbocycles. The second-order valence-electron chi connectivity index (χ2n) is 5.43. The lowest BCUT2D eigenvalue weighted by Gasteiger charge is -2.13. The van der Waals surface area contributed by atoms with Gasteiger partial charge in [-0.15, -0.1) is 6.58 Å². The quantitative estimate of drug-likeness (QED) is 0.502. The Balaban J connectivity index is 1.54. The van der Waals surface area contributed by atoms with Crippen LogP contribution in [0.4, 0.5) is 0 Å². The Labute approximate surface area is 94.1 Å². The molecule has 0 radical (unpaired) electrons. The molecule has 2 rings (SSSR count). The van der Waals surface area contributed by atoms with Crippen molar-refractivity contribution < 1.29 is 0 Å². The van der Waals surface area contributed by atoms with E-state index in [1.807, 2.05) is 6.08 Å². The number of rotatable bonds is 7. The minimum absolute atomic E-state index is 0.518. The summed E-state index contributed by atoms with van der Waals surface area (Å²) in [6.07, 6.45) is 12.8. The van der Waals surface area contributed by atoms with Gasteiger partial charge in [0.05, 0.1) is 0 Å². The van der Waals surface area contributed by atoms with Crippen LogP contribution in [0.2, 0.25) is 0 Å². The van der Waals surface area contributed by atoms with Gasteiger partial charge in [0.15, 0.2) is 0 Å². The summed E-state index contributed by atoms with van der Waals surface area (Å²) in [6, 6.07) is 0.518. The number of unbranched alkanes of at least 4 members (excludes halogenated alkanes) is 3. The first-order chi connectivity index (χ1) is 7.34. The van der Waals surface area contributed by atoms with E-state index >= 15 is 0 Å². The molecule has 2 aliphatic rings. The largest absolute Gasteiger partial charge is 0.327 e.